The van der Waals surface area contributed by atoms with Crippen LogP contribution in [0.5, 0.6) is 0 Å². The Morgan fingerprint density at radius 1 is 1.58 bits per heavy atom. The van der Waals surface area contributed by atoms with Crippen molar-refractivity contribution in [3.05, 3.63) is 11.5 Å². The number of hydrogen-bond donors (Lipinski definition) is 3. The minimum atomic E-state index is -1.16. The fraction of sp³-hybridized carbons (Fsp3) is 0.500. The molecule has 0 spiro atoms. The fourth-order valence-corrected chi connectivity index (χ4v) is 1.15. The van der Waals surface area contributed by atoms with Crippen LogP contribution < -0.4 is 0 Å². The summed E-state index contributed by atoms with van der Waals surface area (Å²) in [4.78, 5) is 10.6. The molecule has 1 aliphatic heterocycles. The second-order valence-corrected chi connectivity index (χ2v) is 2.93. The average Bonchev–Trinajstić information content (AvgIpc) is 2.32. The molecule has 0 amide bonds. The largest absolute Gasteiger partial charge is 0.505 e. The lowest BCUT2D eigenvalue weighted by atomic mass is 10.2. The third-order valence-corrected chi connectivity index (χ3v) is 2.11. The van der Waals surface area contributed by atoms with E-state index in [1.165, 1.54) is 0 Å². The lowest BCUT2D eigenvalue weighted by molar-refractivity contribution is -0.146. The van der Waals surface area contributed by atoms with Gasteiger partial charge in [-0.3, -0.25) is 0 Å². The summed E-state index contributed by atoms with van der Waals surface area (Å²) < 4.78 is 4.45. The maximum absolute atomic E-state index is 10.6. The molecule has 0 saturated carbocycles. The molecule has 0 aromatic rings. The van der Waals surface area contributed by atoms with Crippen molar-refractivity contribution in [2.75, 3.05) is 5.33 Å². The van der Waals surface area contributed by atoms with E-state index in [-0.39, 0.29) is 5.33 Å². The van der Waals surface area contributed by atoms with Crippen molar-refractivity contribution in [3.8, 4) is 0 Å². The van der Waals surface area contributed by atoms with Crippen LogP contribution in [0, 0.1) is 0 Å². The molecule has 0 bridgehead atoms. The van der Waals surface area contributed by atoms with E-state index in [1.807, 2.05) is 0 Å². The molecule has 3 N–H and O–H groups in total. The molecule has 0 saturated heterocycles. The van der Waals surface area contributed by atoms with Crippen LogP contribution >= 0.6 is 15.9 Å². The standard InChI is InChI=1S/C6H7BrO5/c7-1-2(8)5-3(9)4(10)6(11)12-5/h2,5,8-10H,1H2/t2?,5-/m1/s1. The van der Waals surface area contributed by atoms with Crippen LogP contribution in [0.15, 0.2) is 11.5 Å². The molecule has 6 heteroatoms. The molecule has 1 heterocycles. The number of carbonyl (C=O) groups is 1. The summed E-state index contributed by atoms with van der Waals surface area (Å²) in [7, 11) is 0. The molecule has 0 fully saturated rings. The highest BCUT2D eigenvalue weighted by molar-refractivity contribution is 9.09. The summed E-state index contributed by atoms with van der Waals surface area (Å²) >= 11 is 2.94. The van der Waals surface area contributed by atoms with Gasteiger partial charge in [0.25, 0.3) is 0 Å². The van der Waals surface area contributed by atoms with Gasteiger partial charge in [-0.15, -0.1) is 0 Å². The van der Waals surface area contributed by atoms with Crippen molar-refractivity contribution in [2.24, 2.45) is 0 Å². The summed E-state index contributed by atoms with van der Waals surface area (Å²) in [6, 6.07) is 0. The molecule has 2 atom stereocenters. The summed E-state index contributed by atoms with van der Waals surface area (Å²) in [6.45, 7) is 0. The molecular formula is C6H7BrO5. The van der Waals surface area contributed by atoms with Gasteiger partial charge < -0.3 is 20.1 Å². The van der Waals surface area contributed by atoms with E-state index >= 15 is 0 Å². The van der Waals surface area contributed by atoms with E-state index < -0.39 is 29.7 Å². The molecule has 0 aliphatic carbocycles. The number of halogens is 1. The Hall–Kier alpha value is -0.750. The molecule has 1 unspecified atom stereocenters. The zero-order chi connectivity index (χ0) is 9.30. The second kappa shape index (κ2) is 3.32. The van der Waals surface area contributed by atoms with Crippen LogP contribution in [0.25, 0.3) is 0 Å². The van der Waals surface area contributed by atoms with Crippen LogP contribution in [0.1, 0.15) is 0 Å². The maximum Gasteiger partial charge on any atom is 0.377 e. The van der Waals surface area contributed by atoms with Crippen LogP contribution in [0.3, 0.4) is 0 Å². The number of hydrogen-bond acceptors (Lipinski definition) is 5. The molecule has 0 radical (unpaired) electrons. The van der Waals surface area contributed by atoms with Gasteiger partial charge in [0.1, 0.15) is 6.10 Å². The molecule has 68 valence electrons. The summed E-state index contributed by atoms with van der Waals surface area (Å²) in [5, 5.41) is 27.1. The predicted molar refractivity (Wildman–Crippen MR) is 42.0 cm³/mol. The normalized spacial score (nSPS) is 25.8. The van der Waals surface area contributed by atoms with E-state index in [4.69, 9.17) is 15.3 Å². The highest BCUT2D eigenvalue weighted by Gasteiger charge is 2.38. The highest BCUT2D eigenvalue weighted by Crippen LogP contribution is 2.21. The molecule has 12 heavy (non-hydrogen) atoms. The zero-order valence-electron chi connectivity index (χ0n) is 5.90. The van der Waals surface area contributed by atoms with Gasteiger partial charge in [0.2, 0.25) is 5.76 Å². The average molecular weight is 239 g/mol. The van der Waals surface area contributed by atoms with Crippen LogP contribution in [-0.4, -0.2) is 38.8 Å². The smallest absolute Gasteiger partial charge is 0.377 e. The first-order chi connectivity index (χ1) is 5.57. The second-order valence-electron chi connectivity index (χ2n) is 2.28. The molecule has 1 rings (SSSR count). The number of aliphatic hydroxyl groups excluding tert-OH is 3. The molecule has 0 aromatic carbocycles. The third kappa shape index (κ3) is 1.39. The highest BCUT2D eigenvalue weighted by atomic mass is 79.9. The molecule has 1 aliphatic rings. The van der Waals surface area contributed by atoms with Gasteiger partial charge in [-0.2, -0.15) is 0 Å². The Morgan fingerprint density at radius 3 is 2.50 bits per heavy atom. The van der Waals surface area contributed by atoms with Crippen molar-refractivity contribution < 1.29 is 24.9 Å². The van der Waals surface area contributed by atoms with Gasteiger partial charge in [-0.05, 0) is 0 Å². The lowest BCUT2D eigenvalue weighted by Gasteiger charge is -2.13. The first-order valence-electron chi connectivity index (χ1n) is 3.15. The van der Waals surface area contributed by atoms with Crippen LogP contribution in [0.4, 0.5) is 0 Å². The van der Waals surface area contributed by atoms with Gasteiger partial charge in [-0.1, -0.05) is 15.9 Å². The van der Waals surface area contributed by atoms with Gasteiger partial charge in [0, 0.05) is 5.33 Å². The Kier molecular flexibility index (Phi) is 2.58. The number of aliphatic hydroxyl groups is 3. The Bertz CT molecular complexity index is 236. The van der Waals surface area contributed by atoms with Gasteiger partial charge in [0.15, 0.2) is 11.9 Å². The van der Waals surface area contributed by atoms with Crippen molar-refractivity contribution in [1.29, 1.82) is 0 Å². The van der Waals surface area contributed by atoms with E-state index in [9.17, 15) is 4.79 Å². The number of carbonyl (C=O) groups excluding carboxylic acids is 1. The number of cyclic esters (lactones) is 1. The molecule has 5 nitrogen and oxygen atoms in total. The van der Waals surface area contributed by atoms with Crippen LogP contribution in [0.2, 0.25) is 0 Å². The third-order valence-electron chi connectivity index (χ3n) is 1.45. The zero-order valence-corrected chi connectivity index (χ0v) is 7.48. The molecular weight excluding hydrogens is 232 g/mol. The Labute approximate surface area is 76.4 Å². The first kappa shape index (κ1) is 9.34. The Morgan fingerprint density at radius 2 is 2.17 bits per heavy atom. The minimum Gasteiger partial charge on any atom is -0.505 e. The number of rotatable bonds is 2. The van der Waals surface area contributed by atoms with E-state index in [0.29, 0.717) is 0 Å². The van der Waals surface area contributed by atoms with Crippen molar-refractivity contribution in [3.63, 3.8) is 0 Å². The first-order valence-corrected chi connectivity index (χ1v) is 4.27. The molecule has 0 aromatic heterocycles. The van der Waals surface area contributed by atoms with E-state index in [0.717, 1.165) is 0 Å². The SMILES string of the molecule is O=C1O[C@H](C(O)CBr)C(O)=C1O. The monoisotopic (exact) mass is 238 g/mol. The minimum absolute atomic E-state index is 0.141. The quantitative estimate of drug-likeness (QED) is 0.466. The summed E-state index contributed by atoms with van der Waals surface area (Å²) in [5.41, 5.74) is 0. The van der Waals surface area contributed by atoms with E-state index in [1.54, 1.807) is 0 Å². The van der Waals surface area contributed by atoms with Gasteiger partial charge >= 0.3 is 5.97 Å². The summed E-state index contributed by atoms with van der Waals surface area (Å²) in [6.07, 6.45) is -2.21. The predicted octanol–water partition coefficient (Wildman–Crippen LogP) is -0.00480. The van der Waals surface area contributed by atoms with Crippen molar-refractivity contribution in [1.82, 2.24) is 0 Å². The maximum atomic E-state index is 10.6. The number of alkyl halides is 1. The van der Waals surface area contributed by atoms with Crippen molar-refractivity contribution >= 4 is 21.9 Å². The van der Waals surface area contributed by atoms with Crippen molar-refractivity contribution in [2.45, 2.75) is 12.2 Å². The van der Waals surface area contributed by atoms with Gasteiger partial charge in [-0.25, -0.2) is 4.79 Å². The van der Waals surface area contributed by atoms with Gasteiger partial charge in [0.05, 0.1) is 0 Å². The van der Waals surface area contributed by atoms with E-state index in [2.05, 4.69) is 20.7 Å². The topological polar surface area (TPSA) is 87.0 Å². The lowest BCUT2D eigenvalue weighted by Crippen LogP contribution is -2.29. The fourth-order valence-electron chi connectivity index (χ4n) is 0.808. The van der Waals surface area contributed by atoms with Crippen LogP contribution in [-0.2, 0) is 9.53 Å². The Balaban J connectivity index is 2.80. The summed E-state index contributed by atoms with van der Waals surface area (Å²) in [5.74, 6) is -2.47. The number of esters is 1. The number of ether oxygens (including phenoxy) is 1.